The van der Waals surface area contributed by atoms with E-state index in [1.807, 2.05) is 24.5 Å². The monoisotopic (exact) mass is 294 g/mol. The lowest BCUT2D eigenvalue weighted by atomic mass is 10.1. The van der Waals surface area contributed by atoms with Crippen LogP contribution in [0.1, 0.15) is 29.6 Å². The van der Waals surface area contributed by atoms with Gasteiger partial charge in [-0.1, -0.05) is 6.07 Å². The summed E-state index contributed by atoms with van der Waals surface area (Å²) >= 11 is 1.47. The zero-order chi connectivity index (χ0) is 14.4. The summed E-state index contributed by atoms with van der Waals surface area (Å²) in [4.78, 5) is 14.7. The Kier molecular flexibility index (Phi) is 5.73. The van der Waals surface area contributed by atoms with Crippen molar-refractivity contribution in [2.75, 3.05) is 37.8 Å². The third-order valence-corrected chi connectivity index (χ3v) is 4.41. The van der Waals surface area contributed by atoms with E-state index in [0.29, 0.717) is 5.56 Å². The van der Waals surface area contributed by atoms with E-state index in [-0.39, 0.29) is 0 Å². The van der Waals surface area contributed by atoms with Gasteiger partial charge in [-0.3, -0.25) is 0 Å². The van der Waals surface area contributed by atoms with Crippen LogP contribution in [-0.2, 0) is 0 Å². The molecule has 1 fully saturated rings. The van der Waals surface area contributed by atoms with Gasteiger partial charge in [-0.05, 0) is 57.3 Å². The number of hydrogen-bond acceptors (Lipinski definition) is 4. The van der Waals surface area contributed by atoms with Crippen molar-refractivity contribution in [3.8, 4) is 0 Å². The number of rotatable bonds is 7. The fourth-order valence-corrected chi connectivity index (χ4v) is 3.22. The molecule has 1 aliphatic rings. The number of carbonyl (C=O) groups is 1. The highest BCUT2D eigenvalue weighted by Crippen LogP contribution is 2.27. The van der Waals surface area contributed by atoms with Gasteiger partial charge in [0.25, 0.3) is 0 Å². The second-order valence-electron chi connectivity index (χ2n) is 5.02. The van der Waals surface area contributed by atoms with Gasteiger partial charge in [0.2, 0.25) is 0 Å². The highest BCUT2D eigenvalue weighted by Gasteiger charge is 2.15. The first kappa shape index (κ1) is 15.2. The van der Waals surface area contributed by atoms with Crippen LogP contribution >= 0.6 is 11.8 Å². The van der Waals surface area contributed by atoms with Crippen LogP contribution in [0, 0.1) is 0 Å². The van der Waals surface area contributed by atoms with Gasteiger partial charge in [-0.15, -0.1) is 11.8 Å². The molecule has 2 rings (SSSR count). The minimum absolute atomic E-state index is 0.390. The number of carboxylic acid groups (broad SMARTS) is 1. The standard InChI is InChI=1S/C15H22N2O2S/c1-20-13-7-4-6-12(14(13)15(18)19)16-8-5-11-17-9-2-3-10-17/h4,6-7,16H,2-3,5,8-11H2,1H3,(H,18,19). The summed E-state index contributed by atoms with van der Waals surface area (Å²) < 4.78 is 0. The Morgan fingerprint density at radius 2 is 2.15 bits per heavy atom. The Bertz CT molecular complexity index is 459. The van der Waals surface area contributed by atoms with E-state index >= 15 is 0 Å². The summed E-state index contributed by atoms with van der Waals surface area (Å²) in [5.41, 5.74) is 1.12. The third-order valence-electron chi connectivity index (χ3n) is 3.63. The topological polar surface area (TPSA) is 52.6 Å². The van der Waals surface area contributed by atoms with Crippen LogP contribution < -0.4 is 5.32 Å². The van der Waals surface area contributed by atoms with Crippen LogP contribution in [0.2, 0.25) is 0 Å². The Morgan fingerprint density at radius 1 is 1.40 bits per heavy atom. The first-order valence-corrected chi connectivity index (χ1v) is 8.31. The van der Waals surface area contributed by atoms with Crippen LogP contribution in [-0.4, -0.2) is 48.4 Å². The molecule has 0 aromatic heterocycles. The molecule has 0 radical (unpaired) electrons. The lowest BCUT2D eigenvalue weighted by Crippen LogP contribution is -2.22. The van der Waals surface area contributed by atoms with Gasteiger partial charge in [-0.2, -0.15) is 0 Å². The molecule has 0 spiro atoms. The summed E-state index contributed by atoms with van der Waals surface area (Å²) in [6.07, 6.45) is 5.57. The average molecular weight is 294 g/mol. The van der Waals surface area contributed by atoms with E-state index < -0.39 is 5.97 Å². The highest BCUT2D eigenvalue weighted by molar-refractivity contribution is 7.98. The van der Waals surface area contributed by atoms with Gasteiger partial charge < -0.3 is 15.3 Å². The largest absolute Gasteiger partial charge is 0.478 e. The molecule has 110 valence electrons. The fourth-order valence-electron chi connectivity index (χ4n) is 2.60. The number of anilines is 1. The Labute approximate surface area is 124 Å². The van der Waals surface area contributed by atoms with Crippen LogP contribution in [0.15, 0.2) is 23.1 Å². The van der Waals surface area contributed by atoms with Gasteiger partial charge in [0.05, 0.1) is 5.56 Å². The number of likely N-dealkylation sites (tertiary alicyclic amines) is 1. The molecule has 1 aromatic carbocycles. The van der Waals surface area contributed by atoms with Crippen molar-refractivity contribution in [3.05, 3.63) is 23.8 Å². The van der Waals surface area contributed by atoms with Crippen molar-refractivity contribution < 1.29 is 9.90 Å². The van der Waals surface area contributed by atoms with Crippen LogP contribution in [0.5, 0.6) is 0 Å². The maximum atomic E-state index is 11.4. The van der Waals surface area contributed by atoms with Crippen LogP contribution in [0.4, 0.5) is 5.69 Å². The summed E-state index contributed by atoms with van der Waals surface area (Å²) in [5, 5.41) is 12.6. The van der Waals surface area contributed by atoms with Gasteiger partial charge in [0, 0.05) is 17.1 Å². The van der Waals surface area contributed by atoms with Crippen LogP contribution in [0.25, 0.3) is 0 Å². The number of nitrogens with zero attached hydrogens (tertiary/aromatic N) is 1. The number of thioether (sulfide) groups is 1. The minimum atomic E-state index is -0.864. The Hall–Kier alpha value is -1.20. The molecular formula is C15H22N2O2S. The van der Waals surface area contributed by atoms with Gasteiger partial charge >= 0.3 is 5.97 Å². The molecule has 1 aromatic rings. The van der Waals surface area contributed by atoms with E-state index in [2.05, 4.69) is 10.2 Å². The molecule has 5 heteroatoms. The summed E-state index contributed by atoms with van der Waals surface area (Å²) in [6.45, 7) is 4.33. The van der Waals surface area contributed by atoms with E-state index in [9.17, 15) is 9.90 Å². The zero-order valence-electron chi connectivity index (χ0n) is 11.9. The molecule has 1 heterocycles. The normalized spacial score (nSPS) is 15.4. The molecule has 0 atom stereocenters. The van der Waals surface area contributed by atoms with Crippen molar-refractivity contribution in [2.45, 2.75) is 24.2 Å². The second kappa shape index (κ2) is 7.55. The molecular weight excluding hydrogens is 272 g/mol. The average Bonchev–Trinajstić information content (AvgIpc) is 2.96. The minimum Gasteiger partial charge on any atom is -0.478 e. The number of benzene rings is 1. The smallest absolute Gasteiger partial charge is 0.338 e. The summed E-state index contributed by atoms with van der Waals surface area (Å²) in [7, 11) is 0. The molecule has 0 amide bonds. The van der Waals surface area contributed by atoms with Crippen molar-refractivity contribution in [2.24, 2.45) is 0 Å². The molecule has 4 nitrogen and oxygen atoms in total. The number of aromatic carboxylic acids is 1. The lowest BCUT2D eigenvalue weighted by molar-refractivity contribution is 0.0694. The molecule has 0 saturated carbocycles. The van der Waals surface area contributed by atoms with Crippen LogP contribution in [0.3, 0.4) is 0 Å². The van der Waals surface area contributed by atoms with Gasteiger partial charge in [0.15, 0.2) is 0 Å². The van der Waals surface area contributed by atoms with E-state index in [4.69, 9.17) is 0 Å². The predicted molar refractivity (Wildman–Crippen MR) is 84.0 cm³/mol. The lowest BCUT2D eigenvalue weighted by Gasteiger charge is -2.16. The molecule has 0 aliphatic carbocycles. The van der Waals surface area contributed by atoms with Crippen molar-refractivity contribution in [3.63, 3.8) is 0 Å². The number of hydrogen-bond donors (Lipinski definition) is 2. The molecule has 20 heavy (non-hydrogen) atoms. The molecule has 2 N–H and O–H groups in total. The Balaban J connectivity index is 1.89. The maximum absolute atomic E-state index is 11.4. The van der Waals surface area contributed by atoms with Crippen molar-refractivity contribution in [1.82, 2.24) is 4.90 Å². The first-order valence-electron chi connectivity index (χ1n) is 7.09. The second-order valence-corrected chi connectivity index (χ2v) is 5.87. The highest BCUT2D eigenvalue weighted by atomic mass is 32.2. The molecule has 0 unspecified atom stereocenters. The maximum Gasteiger partial charge on any atom is 0.338 e. The third kappa shape index (κ3) is 3.90. The molecule has 1 saturated heterocycles. The van der Waals surface area contributed by atoms with E-state index in [0.717, 1.165) is 30.1 Å². The van der Waals surface area contributed by atoms with Gasteiger partial charge in [0.1, 0.15) is 0 Å². The van der Waals surface area contributed by atoms with E-state index in [1.165, 1.54) is 37.7 Å². The predicted octanol–water partition coefficient (Wildman–Crippen LogP) is 3.00. The summed E-state index contributed by atoms with van der Waals surface area (Å²) in [5.74, 6) is -0.864. The first-order chi connectivity index (χ1) is 9.72. The van der Waals surface area contributed by atoms with Crippen molar-refractivity contribution >= 4 is 23.4 Å². The Morgan fingerprint density at radius 3 is 2.80 bits per heavy atom. The number of carboxylic acids is 1. The molecule has 0 bridgehead atoms. The fraction of sp³-hybridized carbons (Fsp3) is 0.533. The van der Waals surface area contributed by atoms with Gasteiger partial charge in [-0.25, -0.2) is 4.79 Å². The van der Waals surface area contributed by atoms with Crippen molar-refractivity contribution in [1.29, 1.82) is 0 Å². The quantitative estimate of drug-likeness (QED) is 0.598. The molecule has 1 aliphatic heterocycles. The zero-order valence-corrected chi connectivity index (χ0v) is 12.7. The summed E-state index contributed by atoms with van der Waals surface area (Å²) in [6, 6.07) is 5.60. The van der Waals surface area contributed by atoms with E-state index in [1.54, 1.807) is 0 Å². The number of nitrogens with one attached hydrogen (secondary N) is 1. The SMILES string of the molecule is CSc1cccc(NCCCN2CCCC2)c1C(=O)O.